The number of primary sulfonamides is 1. The number of nitrogens with two attached hydrogens (primary N) is 1. The highest BCUT2D eigenvalue weighted by Crippen LogP contribution is 2.29. The number of nitrogens with zero attached hydrogens (tertiary/aromatic N) is 4. The third-order valence-electron chi connectivity index (χ3n) is 3.83. The molecule has 0 atom stereocenters. The summed E-state index contributed by atoms with van der Waals surface area (Å²) in [4.78, 5) is 12.2. The zero-order valence-electron chi connectivity index (χ0n) is 16.0. The van der Waals surface area contributed by atoms with E-state index in [0.29, 0.717) is 28.0 Å². The van der Waals surface area contributed by atoms with Crippen molar-refractivity contribution in [1.82, 2.24) is 20.2 Å². The standard InChI is InChI=1S/C17H18N6O5S2/c1-27-12-6-7-15(28-2)14(9-12)23-17(20-21-22-23)29-10-16(24)19-11-4-3-5-13(8-11)30(18,25)26/h3-9H,10H2,1-2H3,(H,19,24)(H2,18,25,26). The molecule has 3 rings (SSSR count). The van der Waals surface area contributed by atoms with Crippen LogP contribution in [0.1, 0.15) is 0 Å². The van der Waals surface area contributed by atoms with Gasteiger partial charge in [-0.05, 0) is 40.8 Å². The van der Waals surface area contributed by atoms with Crippen LogP contribution in [-0.4, -0.2) is 54.5 Å². The molecule has 0 spiro atoms. The van der Waals surface area contributed by atoms with Crippen molar-refractivity contribution in [3.8, 4) is 17.2 Å². The first kappa shape index (κ1) is 21.5. The van der Waals surface area contributed by atoms with Crippen molar-refractivity contribution in [2.24, 2.45) is 5.14 Å². The molecule has 1 amide bonds. The van der Waals surface area contributed by atoms with Crippen LogP contribution in [0.3, 0.4) is 0 Å². The van der Waals surface area contributed by atoms with Crippen molar-refractivity contribution in [1.29, 1.82) is 0 Å². The third-order valence-corrected chi connectivity index (χ3v) is 5.66. The van der Waals surface area contributed by atoms with E-state index in [1.54, 1.807) is 24.3 Å². The molecule has 30 heavy (non-hydrogen) atoms. The lowest BCUT2D eigenvalue weighted by molar-refractivity contribution is -0.113. The number of methoxy groups -OCH3 is 2. The molecular weight excluding hydrogens is 432 g/mol. The Morgan fingerprint density at radius 2 is 2.00 bits per heavy atom. The maximum Gasteiger partial charge on any atom is 0.238 e. The Morgan fingerprint density at radius 1 is 1.20 bits per heavy atom. The molecule has 0 aliphatic heterocycles. The molecule has 0 radical (unpaired) electrons. The summed E-state index contributed by atoms with van der Waals surface area (Å²) in [5, 5.41) is 19.6. The molecule has 11 nitrogen and oxygen atoms in total. The second-order valence-electron chi connectivity index (χ2n) is 5.82. The van der Waals surface area contributed by atoms with Crippen molar-refractivity contribution in [3.05, 3.63) is 42.5 Å². The van der Waals surface area contributed by atoms with Gasteiger partial charge in [-0.15, -0.1) is 5.10 Å². The first-order valence-electron chi connectivity index (χ1n) is 8.38. The number of hydrogen-bond donors (Lipinski definition) is 2. The van der Waals surface area contributed by atoms with Crippen LogP contribution in [0.4, 0.5) is 5.69 Å². The average Bonchev–Trinajstić information content (AvgIpc) is 3.20. The summed E-state index contributed by atoms with van der Waals surface area (Å²) in [6.45, 7) is 0. The van der Waals surface area contributed by atoms with Gasteiger partial charge in [-0.3, -0.25) is 4.79 Å². The average molecular weight is 451 g/mol. The number of tetrazole rings is 1. The first-order chi connectivity index (χ1) is 14.3. The van der Waals surface area contributed by atoms with E-state index >= 15 is 0 Å². The Morgan fingerprint density at radius 3 is 2.70 bits per heavy atom. The Balaban J connectivity index is 1.73. The number of nitrogens with one attached hydrogen (secondary N) is 1. The van der Waals surface area contributed by atoms with E-state index in [1.807, 2.05) is 0 Å². The van der Waals surface area contributed by atoms with Crippen LogP contribution < -0.4 is 19.9 Å². The lowest BCUT2D eigenvalue weighted by atomic mass is 10.3. The number of rotatable bonds is 8. The predicted molar refractivity (Wildman–Crippen MR) is 109 cm³/mol. The van der Waals surface area contributed by atoms with Crippen LogP contribution in [0.2, 0.25) is 0 Å². The molecule has 0 aliphatic rings. The molecule has 2 aromatic carbocycles. The minimum Gasteiger partial charge on any atom is -0.497 e. The minimum atomic E-state index is -3.87. The highest BCUT2D eigenvalue weighted by molar-refractivity contribution is 7.99. The largest absolute Gasteiger partial charge is 0.497 e. The number of aromatic nitrogens is 4. The molecule has 0 saturated heterocycles. The van der Waals surface area contributed by atoms with Gasteiger partial charge in [0.15, 0.2) is 0 Å². The number of benzene rings is 2. The number of thioether (sulfide) groups is 1. The number of ether oxygens (including phenoxy) is 2. The van der Waals surface area contributed by atoms with Crippen LogP contribution in [0.25, 0.3) is 5.69 Å². The number of carbonyl (C=O) groups excluding carboxylic acids is 1. The molecule has 0 saturated carbocycles. The molecule has 3 aromatic rings. The summed E-state index contributed by atoms with van der Waals surface area (Å²) in [5.41, 5.74) is 0.854. The summed E-state index contributed by atoms with van der Waals surface area (Å²) in [6, 6.07) is 10.8. The molecule has 158 valence electrons. The van der Waals surface area contributed by atoms with Gasteiger partial charge in [0, 0.05) is 11.8 Å². The van der Waals surface area contributed by atoms with Crippen molar-refractivity contribution >= 4 is 33.4 Å². The Kier molecular flexibility index (Phi) is 6.54. The topological polar surface area (TPSA) is 151 Å². The fourth-order valence-corrected chi connectivity index (χ4v) is 3.70. The molecule has 0 aliphatic carbocycles. The highest BCUT2D eigenvalue weighted by atomic mass is 32.2. The van der Waals surface area contributed by atoms with Gasteiger partial charge in [-0.25, -0.2) is 13.6 Å². The summed E-state index contributed by atoms with van der Waals surface area (Å²) in [5.74, 6) is 0.712. The normalized spacial score (nSPS) is 11.2. The smallest absolute Gasteiger partial charge is 0.238 e. The van der Waals surface area contributed by atoms with Gasteiger partial charge in [-0.2, -0.15) is 4.68 Å². The van der Waals surface area contributed by atoms with Crippen LogP contribution in [0, 0.1) is 0 Å². The Bertz CT molecular complexity index is 1160. The number of anilines is 1. The first-order valence-corrected chi connectivity index (χ1v) is 10.9. The molecule has 3 N–H and O–H groups in total. The second kappa shape index (κ2) is 9.11. The SMILES string of the molecule is COc1ccc(OC)c(-n2nnnc2SCC(=O)Nc2cccc(S(N)(=O)=O)c2)c1. The lowest BCUT2D eigenvalue weighted by Crippen LogP contribution is -2.16. The summed E-state index contributed by atoms with van der Waals surface area (Å²) in [6.07, 6.45) is 0. The molecule has 1 heterocycles. The second-order valence-corrected chi connectivity index (χ2v) is 8.32. The lowest BCUT2D eigenvalue weighted by Gasteiger charge is -2.11. The highest BCUT2D eigenvalue weighted by Gasteiger charge is 2.16. The summed E-state index contributed by atoms with van der Waals surface area (Å²) >= 11 is 1.09. The Labute approximate surface area is 176 Å². The van der Waals surface area contributed by atoms with Gasteiger partial charge >= 0.3 is 0 Å². The van der Waals surface area contributed by atoms with Crippen LogP contribution in [0.15, 0.2) is 52.5 Å². The molecular formula is C17H18N6O5S2. The number of hydrogen-bond acceptors (Lipinski definition) is 9. The summed E-state index contributed by atoms with van der Waals surface area (Å²) in [7, 11) is -0.809. The summed E-state index contributed by atoms with van der Waals surface area (Å²) < 4.78 is 34.9. The van der Waals surface area contributed by atoms with Crippen molar-refractivity contribution in [2.45, 2.75) is 10.1 Å². The van der Waals surface area contributed by atoms with E-state index in [0.717, 1.165) is 11.8 Å². The van der Waals surface area contributed by atoms with E-state index in [-0.39, 0.29) is 16.6 Å². The third kappa shape index (κ3) is 5.06. The fourth-order valence-electron chi connectivity index (χ4n) is 2.46. The van der Waals surface area contributed by atoms with E-state index < -0.39 is 10.0 Å². The van der Waals surface area contributed by atoms with Crippen molar-refractivity contribution < 1.29 is 22.7 Å². The minimum absolute atomic E-state index is 0.0216. The monoisotopic (exact) mass is 450 g/mol. The quantitative estimate of drug-likeness (QED) is 0.480. The Hall–Kier alpha value is -3.16. The van der Waals surface area contributed by atoms with Gasteiger partial charge < -0.3 is 14.8 Å². The zero-order valence-corrected chi connectivity index (χ0v) is 17.6. The van der Waals surface area contributed by atoms with E-state index in [4.69, 9.17) is 14.6 Å². The number of sulfonamides is 1. The van der Waals surface area contributed by atoms with E-state index in [2.05, 4.69) is 20.8 Å². The van der Waals surface area contributed by atoms with Gasteiger partial charge in [-0.1, -0.05) is 17.8 Å². The van der Waals surface area contributed by atoms with Gasteiger partial charge in [0.25, 0.3) is 0 Å². The van der Waals surface area contributed by atoms with Crippen LogP contribution >= 0.6 is 11.8 Å². The van der Waals surface area contributed by atoms with Gasteiger partial charge in [0.1, 0.15) is 17.2 Å². The van der Waals surface area contributed by atoms with Crippen molar-refractivity contribution in [3.63, 3.8) is 0 Å². The molecule has 1 aromatic heterocycles. The predicted octanol–water partition coefficient (Wildman–Crippen LogP) is 1.06. The maximum atomic E-state index is 12.3. The fraction of sp³-hybridized carbons (Fsp3) is 0.176. The molecule has 0 unspecified atom stereocenters. The molecule has 0 fully saturated rings. The van der Waals surface area contributed by atoms with Crippen LogP contribution in [0.5, 0.6) is 11.5 Å². The maximum absolute atomic E-state index is 12.3. The molecule has 0 bridgehead atoms. The van der Waals surface area contributed by atoms with E-state index in [9.17, 15) is 13.2 Å². The number of amides is 1. The molecule has 13 heteroatoms. The zero-order chi connectivity index (χ0) is 21.7. The number of carbonyl (C=O) groups is 1. The van der Waals surface area contributed by atoms with Crippen LogP contribution in [-0.2, 0) is 14.8 Å². The van der Waals surface area contributed by atoms with Gasteiger partial charge in [0.2, 0.25) is 21.1 Å². The van der Waals surface area contributed by atoms with Gasteiger partial charge in [0.05, 0.1) is 24.9 Å². The van der Waals surface area contributed by atoms with E-state index in [1.165, 1.54) is 37.1 Å². The van der Waals surface area contributed by atoms with Crippen molar-refractivity contribution in [2.75, 3.05) is 25.3 Å².